The number of nitrogens with zero attached hydrogens (tertiary/aromatic N) is 1. The second-order valence-corrected chi connectivity index (χ2v) is 4.80. The fraction of sp³-hybridized carbons (Fsp3) is 0.143. The summed E-state index contributed by atoms with van der Waals surface area (Å²) in [7, 11) is 0. The van der Waals surface area contributed by atoms with Crippen LogP contribution in [0.5, 0.6) is 5.75 Å². The Bertz CT molecular complexity index is 653. The molecule has 6 heteroatoms. The second kappa shape index (κ2) is 6.70. The maximum atomic E-state index is 10.5. The Balaban J connectivity index is 2.02. The number of non-ortho nitro benzene ring substituents is 1. The van der Waals surface area contributed by atoms with Crippen LogP contribution in [0.4, 0.5) is 5.69 Å². The van der Waals surface area contributed by atoms with Gasteiger partial charge in [-0.1, -0.05) is 11.8 Å². The minimum absolute atomic E-state index is 0.0444. The molecule has 2 rings (SSSR count). The van der Waals surface area contributed by atoms with E-state index in [-0.39, 0.29) is 5.69 Å². The van der Waals surface area contributed by atoms with E-state index in [1.54, 1.807) is 23.5 Å². The van der Waals surface area contributed by atoms with Crippen LogP contribution >= 0.6 is 11.3 Å². The van der Waals surface area contributed by atoms with Crippen molar-refractivity contribution in [1.82, 2.24) is 0 Å². The van der Waals surface area contributed by atoms with Crippen LogP contribution in [0.15, 0.2) is 35.7 Å². The van der Waals surface area contributed by atoms with Crippen LogP contribution in [0, 0.1) is 22.0 Å². The monoisotopic (exact) mass is 288 g/mol. The number of ether oxygens (including phenoxy) is 1. The predicted molar refractivity (Wildman–Crippen MR) is 77.7 cm³/mol. The molecule has 20 heavy (non-hydrogen) atoms. The lowest BCUT2D eigenvalue weighted by atomic mass is 10.2. The van der Waals surface area contributed by atoms with Crippen molar-refractivity contribution in [2.24, 2.45) is 5.73 Å². The molecule has 2 N–H and O–H groups in total. The van der Waals surface area contributed by atoms with Gasteiger partial charge in [-0.15, -0.1) is 11.3 Å². The van der Waals surface area contributed by atoms with Crippen LogP contribution in [0.3, 0.4) is 0 Å². The van der Waals surface area contributed by atoms with Crippen molar-refractivity contribution >= 4 is 17.0 Å². The molecule has 5 nitrogen and oxygen atoms in total. The van der Waals surface area contributed by atoms with E-state index < -0.39 is 4.92 Å². The van der Waals surface area contributed by atoms with Gasteiger partial charge in [0.25, 0.3) is 5.69 Å². The molecule has 0 aliphatic rings. The van der Waals surface area contributed by atoms with Gasteiger partial charge in [0, 0.05) is 17.7 Å². The van der Waals surface area contributed by atoms with E-state index in [2.05, 4.69) is 11.8 Å². The molecular formula is C14H12N2O3S. The quantitative estimate of drug-likeness (QED) is 0.533. The van der Waals surface area contributed by atoms with Crippen molar-refractivity contribution in [2.75, 3.05) is 6.54 Å². The van der Waals surface area contributed by atoms with E-state index in [1.165, 1.54) is 12.1 Å². The Morgan fingerprint density at radius 1 is 1.30 bits per heavy atom. The lowest BCUT2D eigenvalue weighted by Gasteiger charge is -2.04. The topological polar surface area (TPSA) is 78.4 Å². The Hall–Kier alpha value is -2.36. The summed E-state index contributed by atoms with van der Waals surface area (Å²) in [5.41, 5.74) is 6.29. The molecule has 0 fully saturated rings. The normalized spacial score (nSPS) is 9.65. The molecule has 0 saturated heterocycles. The smallest absolute Gasteiger partial charge is 0.269 e. The summed E-state index contributed by atoms with van der Waals surface area (Å²) in [5, 5.41) is 12.5. The van der Waals surface area contributed by atoms with Crippen LogP contribution in [0.25, 0.3) is 0 Å². The van der Waals surface area contributed by atoms with Gasteiger partial charge in [-0.2, -0.15) is 0 Å². The van der Waals surface area contributed by atoms with Gasteiger partial charge in [-0.05, 0) is 23.6 Å². The third kappa shape index (κ3) is 3.57. The van der Waals surface area contributed by atoms with E-state index >= 15 is 0 Å². The SMILES string of the molecule is NCC#Cc1ccsc1COc1ccc([N+](=O)[O-])cc1. The van der Waals surface area contributed by atoms with Crippen molar-refractivity contribution in [3.63, 3.8) is 0 Å². The van der Waals surface area contributed by atoms with Crippen LogP contribution in [0.2, 0.25) is 0 Å². The number of nitrogens with two attached hydrogens (primary N) is 1. The first kappa shape index (κ1) is 14.1. The Morgan fingerprint density at radius 2 is 2.05 bits per heavy atom. The maximum Gasteiger partial charge on any atom is 0.269 e. The fourth-order valence-electron chi connectivity index (χ4n) is 1.52. The van der Waals surface area contributed by atoms with Crippen molar-refractivity contribution in [3.8, 4) is 17.6 Å². The summed E-state index contributed by atoms with van der Waals surface area (Å²) in [4.78, 5) is 11.1. The molecule has 0 atom stereocenters. The fourth-order valence-corrected chi connectivity index (χ4v) is 2.26. The molecule has 0 amide bonds. The van der Waals surface area contributed by atoms with Gasteiger partial charge in [-0.25, -0.2) is 0 Å². The standard InChI is InChI=1S/C14H12N2O3S/c15-8-1-2-11-7-9-20-14(11)10-19-13-5-3-12(4-6-13)16(17)18/h3-7,9H,8,10,15H2. The van der Waals surface area contributed by atoms with E-state index in [0.29, 0.717) is 18.9 Å². The minimum atomic E-state index is -0.441. The van der Waals surface area contributed by atoms with Gasteiger partial charge in [0.1, 0.15) is 12.4 Å². The highest BCUT2D eigenvalue weighted by atomic mass is 32.1. The summed E-state index contributed by atoms with van der Waals surface area (Å²) in [5.74, 6) is 6.37. The number of hydrogen-bond donors (Lipinski definition) is 1. The van der Waals surface area contributed by atoms with Gasteiger partial charge >= 0.3 is 0 Å². The van der Waals surface area contributed by atoms with E-state index in [0.717, 1.165) is 10.4 Å². The number of benzene rings is 1. The molecule has 2 aromatic rings. The summed E-state index contributed by atoms with van der Waals surface area (Å²) in [6, 6.07) is 7.91. The first-order valence-corrected chi connectivity index (χ1v) is 6.71. The van der Waals surface area contributed by atoms with Crippen LogP contribution in [-0.2, 0) is 6.61 Å². The van der Waals surface area contributed by atoms with Gasteiger partial charge in [0.2, 0.25) is 0 Å². The molecule has 0 unspecified atom stereocenters. The van der Waals surface area contributed by atoms with Crippen LogP contribution in [-0.4, -0.2) is 11.5 Å². The summed E-state index contributed by atoms with van der Waals surface area (Å²) >= 11 is 1.55. The van der Waals surface area contributed by atoms with E-state index in [4.69, 9.17) is 10.5 Å². The molecule has 1 heterocycles. The molecule has 0 aliphatic carbocycles. The highest BCUT2D eigenvalue weighted by Crippen LogP contribution is 2.21. The average Bonchev–Trinajstić information content (AvgIpc) is 2.90. The van der Waals surface area contributed by atoms with Crippen molar-refractivity contribution in [1.29, 1.82) is 0 Å². The molecule has 0 bridgehead atoms. The Labute approximate surface area is 120 Å². The average molecular weight is 288 g/mol. The minimum Gasteiger partial charge on any atom is -0.488 e. The number of rotatable bonds is 4. The lowest BCUT2D eigenvalue weighted by Crippen LogP contribution is -1.96. The van der Waals surface area contributed by atoms with Gasteiger partial charge in [0.05, 0.1) is 16.3 Å². The highest BCUT2D eigenvalue weighted by Gasteiger charge is 2.06. The first-order valence-electron chi connectivity index (χ1n) is 5.83. The highest BCUT2D eigenvalue weighted by molar-refractivity contribution is 7.10. The largest absolute Gasteiger partial charge is 0.488 e. The van der Waals surface area contributed by atoms with Gasteiger partial charge in [-0.3, -0.25) is 10.1 Å². The molecule has 102 valence electrons. The molecule has 1 aromatic heterocycles. The predicted octanol–water partition coefficient (Wildman–Crippen LogP) is 2.55. The zero-order valence-electron chi connectivity index (χ0n) is 10.5. The maximum absolute atomic E-state index is 10.5. The number of hydrogen-bond acceptors (Lipinski definition) is 5. The van der Waals surface area contributed by atoms with Crippen LogP contribution in [0.1, 0.15) is 10.4 Å². The van der Waals surface area contributed by atoms with Crippen molar-refractivity contribution < 1.29 is 9.66 Å². The van der Waals surface area contributed by atoms with Gasteiger partial charge < -0.3 is 10.5 Å². The molecule has 0 saturated carbocycles. The Morgan fingerprint density at radius 3 is 2.70 bits per heavy atom. The summed E-state index contributed by atoms with van der Waals surface area (Å²) in [6.07, 6.45) is 0. The zero-order valence-corrected chi connectivity index (χ0v) is 11.4. The summed E-state index contributed by atoms with van der Waals surface area (Å²) in [6.45, 7) is 0.697. The molecule has 0 radical (unpaired) electrons. The zero-order chi connectivity index (χ0) is 14.4. The lowest BCUT2D eigenvalue weighted by molar-refractivity contribution is -0.384. The molecule has 0 aliphatic heterocycles. The van der Waals surface area contributed by atoms with E-state index in [9.17, 15) is 10.1 Å². The van der Waals surface area contributed by atoms with Crippen molar-refractivity contribution in [3.05, 3.63) is 56.3 Å². The molecule has 0 spiro atoms. The number of nitro benzene ring substituents is 1. The summed E-state index contributed by atoms with van der Waals surface area (Å²) < 4.78 is 5.59. The second-order valence-electron chi connectivity index (χ2n) is 3.80. The third-order valence-electron chi connectivity index (χ3n) is 2.49. The third-order valence-corrected chi connectivity index (χ3v) is 3.38. The Kier molecular flexibility index (Phi) is 4.71. The van der Waals surface area contributed by atoms with Gasteiger partial charge in [0.15, 0.2) is 0 Å². The number of nitro groups is 1. The van der Waals surface area contributed by atoms with Crippen LogP contribution < -0.4 is 10.5 Å². The van der Waals surface area contributed by atoms with Crippen molar-refractivity contribution in [2.45, 2.75) is 6.61 Å². The molecule has 1 aromatic carbocycles. The molecular weight excluding hydrogens is 276 g/mol. The first-order chi connectivity index (χ1) is 9.70. The van der Waals surface area contributed by atoms with E-state index in [1.807, 2.05) is 11.4 Å². The number of thiophene rings is 1.